The molecule has 2 aliphatic rings. The van der Waals surface area contributed by atoms with Crippen LogP contribution in [0, 0.1) is 11.8 Å². The van der Waals surface area contributed by atoms with Gasteiger partial charge in [-0.05, 0) is 41.9 Å². The van der Waals surface area contributed by atoms with Crippen LogP contribution in [-0.4, -0.2) is 91.2 Å². The lowest BCUT2D eigenvalue weighted by atomic mass is 10.1. The quantitative estimate of drug-likeness (QED) is 0.675. The summed E-state index contributed by atoms with van der Waals surface area (Å²) in [4.78, 5) is 23.2. The fourth-order valence-corrected chi connectivity index (χ4v) is 3.69. The van der Waals surface area contributed by atoms with E-state index in [-0.39, 0.29) is 12.0 Å². The Morgan fingerprint density at radius 1 is 1.19 bits per heavy atom. The first-order valence-corrected chi connectivity index (χ1v) is 10.3. The van der Waals surface area contributed by atoms with Crippen LogP contribution in [0.2, 0.25) is 0 Å². The second-order valence-electron chi connectivity index (χ2n) is 7.13. The number of halogens is 1. The van der Waals surface area contributed by atoms with Crippen LogP contribution in [0.25, 0.3) is 0 Å². The van der Waals surface area contributed by atoms with E-state index >= 15 is 0 Å². The Labute approximate surface area is 170 Å². The second kappa shape index (κ2) is 10.2. The van der Waals surface area contributed by atoms with E-state index in [0.717, 1.165) is 50.0 Å². The van der Waals surface area contributed by atoms with E-state index in [1.54, 1.807) is 12.4 Å². The highest BCUT2D eigenvalue weighted by molar-refractivity contribution is 9.10. The van der Waals surface area contributed by atoms with Gasteiger partial charge in [-0.2, -0.15) is 0 Å². The van der Waals surface area contributed by atoms with E-state index in [2.05, 4.69) is 49.6 Å². The van der Waals surface area contributed by atoms with Crippen LogP contribution in [0.3, 0.4) is 0 Å². The third-order valence-electron chi connectivity index (χ3n) is 5.10. The van der Waals surface area contributed by atoms with E-state index in [1.807, 2.05) is 11.0 Å². The van der Waals surface area contributed by atoms with Crippen LogP contribution in [0.5, 0.6) is 0 Å². The first kappa shape index (κ1) is 20.3. The topological polar surface area (TPSA) is 48.9 Å². The summed E-state index contributed by atoms with van der Waals surface area (Å²) < 4.78 is 6.71. The first-order chi connectivity index (χ1) is 13.1. The largest absolute Gasteiger partial charge is 0.365 e. The van der Waals surface area contributed by atoms with Crippen LogP contribution in [-0.2, 0) is 4.74 Å². The van der Waals surface area contributed by atoms with Gasteiger partial charge in [0.2, 0.25) is 0 Å². The number of aromatic nitrogens is 1. The smallest absolute Gasteiger partial charge is 0.255 e. The number of carbonyl (C=O) groups excluding carboxylic acids is 1. The zero-order valence-corrected chi connectivity index (χ0v) is 17.4. The zero-order valence-electron chi connectivity index (χ0n) is 15.9. The van der Waals surface area contributed by atoms with Crippen molar-refractivity contribution in [2.24, 2.45) is 0 Å². The van der Waals surface area contributed by atoms with E-state index in [4.69, 9.17) is 4.74 Å². The average Bonchev–Trinajstić information content (AvgIpc) is 2.69. The van der Waals surface area contributed by atoms with Gasteiger partial charge in [0.1, 0.15) is 6.61 Å². The number of amides is 1. The molecule has 2 fully saturated rings. The number of piperidine rings is 1. The second-order valence-corrected chi connectivity index (χ2v) is 8.04. The summed E-state index contributed by atoms with van der Waals surface area (Å²) in [5.41, 5.74) is 0.624. The fraction of sp³-hybridized carbons (Fsp3) is 0.600. The number of hydrogen-bond donors (Lipinski definition) is 0. The van der Waals surface area contributed by atoms with Crippen LogP contribution in [0.1, 0.15) is 23.2 Å². The number of rotatable bonds is 4. The van der Waals surface area contributed by atoms with E-state index in [1.165, 1.54) is 0 Å². The molecule has 3 heterocycles. The number of likely N-dealkylation sites (tertiary alicyclic amines) is 1. The van der Waals surface area contributed by atoms with Crippen molar-refractivity contribution in [3.8, 4) is 11.8 Å². The lowest BCUT2D eigenvalue weighted by molar-refractivity contribution is 0.0230. The molecule has 0 saturated carbocycles. The molecule has 0 N–H and O–H groups in total. The first-order valence-electron chi connectivity index (χ1n) is 9.50. The SMILES string of the molecule is CN1CCN(CC#CCOC2CCN(C(=O)c3cncc(Br)c3)CC2)CC1. The number of hydrogen-bond acceptors (Lipinski definition) is 5. The van der Waals surface area contributed by atoms with Crippen LogP contribution in [0.15, 0.2) is 22.9 Å². The van der Waals surface area contributed by atoms with E-state index in [0.29, 0.717) is 25.3 Å². The molecule has 1 aromatic rings. The molecule has 6 nitrogen and oxygen atoms in total. The van der Waals surface area contributed by atoms with Crippen molar-refractivity contribution < 1.29 is 9.53 Å². The third kappa shape index (κ3) is 6.28. The van der Waals surface area contributed by atoms with Gasteiger partial charge >= 0.3 is 0 Å². The number of nitrogens with zero attached hydrogens (tertiary/aromatic N) is 4. The van der Waals surface area contributed by atoms with Crippen molar-refractivity contribution in [1.29, 1.82) is 0 Å². The van der Waals surface area contributed by atoms with Crippen molar-refractivity contribution in [1.82, 2.24) is 19.7 Å². The van der Waals surface area contributed by atoms with Gasteiger partial charge in [-0.1, -0.05) is 11.8 Å². The maximum atomic E-state index is 12.5. The van der Waals surface area contributed by atoms with Crippen LogP contribution >= 0.6 is 15.9 Å². The van der Waals surface area contributed by atoms with Crippen molar-refractivity contribution in [2.45, 2.75) is 18.9 Å². The summed E-state index contributed by atoms with van der Waals surface area (Å²) >= 11 is 3.36. The predicted octanol–water partition coefficient (Wildman–Crippen LogP) is 1.72. The predicted molar refractivity (Wildman–Crippen MR) is 109 cm³/mol. The van der Waals surface area contributed by atoms with Crippen LogP contribution in [0.4, 0.5) is 0 Å². The normalized spacial score (nSPS) is 19.6. The maximum absolute atomic E-state index is 12.5. The van der Waals surface area contributed by atoms with Crippen LogP contribution < -0.4 is 0 Å². The molecule has 0 unspecified atom stereocenters. The molecule has 7 heteroatoms. The Morgan fingerprint density at radius 2 is 1.93 bits per heavy atom. The summed E-state index contributed by atoms with van der Waals surface area (Å²) in [6, 6.07) is 1.81. The maximum Gasteiger partial charge on any atom is 0.255 e. The lowest BCUT2D eigenvalue weighted by Crippen LogP contribution is -2.44. The highest BCUT2D eigenvalue weighted by Crippen LogP contribution is 2.17. The van der Waals surface area contributed by atoms with Crippen molar-refractivity contribution >= 4 is 21.8 Å². The van der Waals surface area contributed by atoms with Gasteiger partial charge < -0.3 is 14.5 Å². The molecule has 0 bridgehead atoms. The number of carbonyl (C=O) groups is 1. The number of ether oxygens (including phenoxy) is 1. The molecule has 0 atom stereocenters. The molecule has 3 rings (SSSR count). The third-order valence-corrected chi connectivity index (χ3v) is 5.53. The summed E-state index contributed by atoms with van der Waals surface area (Å²) in [5, 5.41) is 0. The minimum absolute atomic E-state index is 0.0363. The van der Waals surface area contributed by atoms with E-state index in [9.17, 15) is 4.79 Å². The molecule has 1 aromatic heterocycles. The Bertz CT molecular complexity index is 687. The number of likely N-dealkylation sites (N-methyl/N-ethyl adjacent to an activating group) is 1. The average molecular weight is 435 g/mol. The molecule has 0 radical (unpaired) electrons. The molecule has 0 aromatic carbocycles. The molecule has 2 aliphatic heterocycles. The standard InChI is InChI=1S/C20H27BrN4O2/c1-23-9-11-24(12-10-23)6-2-3-13-27-19-4-7-25(8-5-19)20(26)17-14-18(21)16-22-15-17/h14-16,19H,4-13H2,1H3. The Balaban J connectivity index is 1.34. The molecule has 0 aliphatic carbocycles. The van der Waals surface area contributed by atoms with Crippen molar-refractivity contribution in [3.63, 3.8) is 0 Å². The summed E-state index contributed by atoms with van der Waals surface area (Å²) in [6.45, 7) is 7.14. The minimum atomic E-state index is 0.0363. The Kier molecular flexibility index (Phi) is 7.65. The molecule has 146 valence electrons. The number of piperazine rings is 1. The van der Waals surface area contributed by atoms with Gasteiger partial charge in [0, 0.05) is 56.1 Å². The molecular formula is C20H27BrN4O2. The summed E-state index contributed by atoms with van der Waals surface area (Å²) in [7, 11) is 2.16. The Morgan fingerprint density at radius 3 is 2.63 bits per heavy atom. The molecule has 27 heavy (non-hydrogen) atoms. The highest BCUT2D eigenvalue weighted by atomic mass is 79.9. The lowest BCUT2D eigenvalue weighted by Gasteiger charge is -2.31. The molecule has 1 amide bonds. The highest BCUT2D eigenvalue weighted by Gasteiger charge is 2.24. The van der Waals surface area contributed by atoms with Crippen molar-refractivity contribution in [3.05, 3.63) is 28.5 Å². The Hall–Kier alpha value is -1.46. The summed E-state index contributed by atoms with van der Waals surface area (Å²) in [6.07, 6.45) is 5.20. The monoisotopic (exact) mass is 434 g/mol. The van der Waals surface area contributed by atoms with Gasteiger partial charge in [0.05, 0.1) is 18.2 Å². The molecule has 2 saturated heterocycles. The van der Waals surface area contributed by atoms with E-state index < -0.39 is 0 Å². The van der Waals surface area contributed by atoms with Crippen molar-refractivity contribution in [2.75, 3.05) is 59.5 Å². The minimum Gasteiger partial charge on any atom is -0.365 e. The zero-order chi connectivity index (χ0) is 19.1. The van der Waals surface area contributed by atoms with Gasteiger partial charge in [0.15, 0.2) is 0 Å². The fourth-order valence-electron chi connectivity index (χ4n) is 3.32. The number of pyridine rings is 1. The summed E-state index contributed by atoms with van der Waals surface area (Å²) in [5.74, 6) is 6.39. The van der Waals surface area contributed by atoms with Gasteiger partial charge in [0.25, 0.3) is 5.91 Å². The molecule has 0 spiro atoms. The van der Waals surface area contributed by atoms with Gasteiger partial charge in [-0.15, -0.1) is 0 Å². The molecular weight excluding hydrogens is 408 g/mol. The van der Waals surface area contributed by atoms with Gasteiger partial charge in [-0.25, -0.2) is 0 Å². The van der Waals surface area contributed by atoms with Gasteiger partial charge in [-0.3, -0.25) is 14.7 Å².